The third-order valence-corrected chi connectivity index (χ3v) is 2.38. The summed E-state index contributed by atoms with van der Waals surface area (Å²) in [5, 5.41) is 0. The second-order valence-corrected chi connectivity index (χ2v) is 3.56. The molecule has 0 amide bonds. The van der Waals surface area contributed by atoms with Gasteiger partial charge in [-0.25, -0.2) is 0 Å². The number of ketones is 1. The average molecular weight is 228 g/mol. The van der Waals surface area contributed by atoms with Gasteiger partial charge in [-0.2, -0.15) is 8.78 Å². The Morgan fingerprint density at radius 1 is 1.44 bits per heavy atom. The van der Waals surface area contributed by atoms with Crippen LogP contribution in [0.25, 0.3) is 0 Å². The monoisotopic (exact) mass is 228 g/mol. The zero-order chi connectivity index (χ0) is 12.3. The van der Waals surface area contributed by atoms with Crippen LogP contribution in [0.3, 0.4) is 0 Å². The summed E-state index contributed by atoms with van der Waals surface area (Å²) < 4.78 is 28.6. The number of benzene rings is 1. The minimum atomic E-state index is -2.87. The third kappa shape index (κ3) is 2.78. The van der Waals surface area contributed by atoms with Crippen molar-refractivity contribution in [1.82, 2.24) is 0 Å². The predicted octanol–water partition coefficient (Wildman–Crippen LogP) is 3.36. The van der Waals surface area contributed by atoms with Gasteiger partial charge in [0.15, 0.2) is 5.78 Å². The van der Waals surface area contributed by atoms with E-state index in [9.17, 15) is 13.6 Å². The van der Waals surface area contributed by atoms with Gasteiger partial charge in [0.2, 0.25) is 0 Å². The molecule has 1 aromatic rings. The number of alkyl halides is 2. The van der Waals surface area contributed by atoms with Crippen molar-refractivity contribution in [2.24, 2.45) is 0 Å². The molecule has 0 aliphatic heterocycles. The van der Waals surface area contributed by atoms with Gasteiger partial charge in [0.1, 0.15) is 5.75 Å². The van der Waals surface area contributed by atoms with E-state index in [2.05, 4.69) is 4.74 Å². The summed E-state index contributed by atoms with van der Waals surface area (Å²) in [7, 11) is 0. The van der Waals surface area contributed by atoms with E-state index in [1.165, 1.54) is 13.0 Å². The molecule has 0 heterocycles. The second kappa shape index (κ2) is 5.05. The molecule has 88 valence electrons. The first kappa shape index (κ1) is 12.6. The quantitative estimate of drug-likeness (QED) is 0.738. The van der Waals surface area contributed by atoms with Gasteiger partial charge in [-0.05, 0) is 37.5 Å². The van der Waals surface area contributed by atoms with Crippen LogP contribution in [0.5, 0.6) is 5.75 Å². The molecule has 0 N–H and O–H groups in total. The molecule has 0 spiro atoms. The van der Waals surface area contributed by atoms with Crippen LogP contribution >= 0.6 is 0 Å². The molecule has 0 radical (unpaired) electrons. The van der Waals surface area contributed by atoms with Gasteiger partial charge < -0.3 is 4.74 Å². The minimum Gasteiger partial charge on any atom is -0.435 e. The number of Topliss-reactive ketones (excluding diaryl/α,β-unsaturated/α-hetero) is 1. The van der Waals surface area contributed by atoms with E-state index in [1.807, 2.05) is 6.92 Å². The molecule has 0 aromatic heterocycles. The van der Waals surface area contributed by atoms with Crippen molar-refractivity contribution in [1.29, 1.82) is 0 Å². The summed E-state index contributed by atoms with van der Waals surface area (Å²) in [6, 6.07) is 3.11. The van der Waals surface area contributed by atoms with E-state index in [0.29, 0.717) is 17.5 Å². The standard InChI is InChI=1S/C12H14F2O2/c1-4-9-5-7(2)11(16-12(13)14)6-10(9)8(3)15/h5-6,12H,4H2,1-3H3. The molecule has 0 saturated heterocycles. The highest BCUT2D eigenvalue weighted by Crippen LogP contribution is 2.25. The summed E-state index contributed by atoms with van der Waals surface area (Å²) in [6.07, 6.45) is 0.685. The number of halogens is 2. The lowest BCUT2D eigenvalue weighted by molar-refractivity contribution is -0.0503. The fraction of sp³-hybridized carbons (Fsp3) is 0.417. The van der Waals surface area contributed by atoms with Crippen molar-refractivity contribution in [3.63, 3.8) is 0 Å². The van der Waals surface area contributed by atoms with E-state index in [1.54, 1.807) is 13.0 Å². The Bertz CT molecular complexity index is 400. The lowest BCUT2D eigenvalue weighted by Gasteiger charge is -2.12. The lowest BCUT2D eigenvalue weighted by Crippen LogP contribution is -2.06. The summed E-state index contributed by atoms with van der Waals surface area (Å²) in [6.45, 7) is 2.14. The molecule has 0 fully saturated rings. The maximum atomic E-state index is 12.1. The van der Waals surface area contributed by atoms with Crippen LogP contribution in [0, 0.1) is 6.92 Å². The third-order valence-electron chi connectivity index (χ3n) is 2.38. The van der Waals surface area contributed by atoms with Crippen LogP contribution in [0.1, 0.15) is 35.3 Å². The van der Waals surface area contributed by atoms with E-state index >= 15 is 0 Å². The molecule has 0 aliphatic carbocycles. The van der Waals surface area contributed by atoms with Crippen molar-refractivity contribution in [3.8, 4) is 5.75 Å². The summed E-state index contributed by atoms with van der Waals surface area (Å²) >= 11 is 0. The van der Waals surface area contributed by atoms with E-state index in [0.717, 1.165) is 5.56 Å². The first-order valence-corrected chi connectivity index (χ1v) is 5.05. The summed E-state index contributed by atoms with van der Waals surface area (Å²) in [5.41, 5.74) is 1.91. The van der Waals surface area contributed by atoms with Crippen LogP contribution in [-0.2, 0) is 6.42 Å². The smallest absolute Gasteiger partial charge is 0.387 e. The number of ether oxygens (including phenoxy) is 1. The Morgan fingerprint density at radius 2 is 2.06 bits per heavy atom. The Hall–Kier alpha value is -1.45. The molecular formula is C12H14F2O2. The van der Waals surface area contributed by atoms with Gasteiger partial charge in [0, 0.05) is 5.56 Å². The summed E-state index contributed by atoms with van der Waals surface area (Å²) in [4.78, 5) is 11.3. The average Bonchev–Trinajstić information content (AvgIpc) is 2.19. The maximum absolute atomic E-state index is 12.1. The van der Waals surface area contributed by atoms with Gasteiger partial charge in [-0.15, -0.1) is 0 Å². The first-order chi connectivity index (χ1) is 7.45. The zero-order valence-corrected chi connectivity index (χ0v) is 9.51. The van der Waals surface area contributed by atoms with Crippen LogP contribution in [0.2, 0.25) is 0 Å². The minimum absolute atomic E-state index is 0.0670. The molecule has 0 aliphatic rings. The molecule has 1 aromatic carbocycles. The molecule has 4 heteroatoms. The molecule has 0 bridgehead atoms. The van der Waals surface area contributed by atoms with Crippen molar-refractivity contribution >= 4 is 5.78 Å². The van der Waals surface area contributed by atoms with Crippen LogP contribution in [0.4, 0.5) is 8.78 Å². The number of hydrogen-bond donors (Lipinski definition) is 0. The van der Waals surface area contributed by atoms with Gasteiger partial charge >= 0.3 is 6.61 Å². The first-order valence-electron chi connectivity index (χ1n) is 5.05. The predicted molar refractivity (Wildman–Crippen MR) is 57.2 cm³/mol. The number of carbonyl (C=O) groups is 1. The van der Waals surface area contributed by atoms with Crippen molar-refractivity contribution in [2.45, 2.75) is 33.8 Å². The zero-order valence-electron chi connectivity index (χ0n) is 9.51. The Labute approximate surface area is 93.2 Å². The number of aryl methyl sites for hydroxylation is 2. The Balaban J connectivity index is 3.22. The summed E-state index contributed by atoms with van der Waals surface area (Å²) in [5.74, 6) is -0.0756. The topological polar surface area (TPSA) is 26.3 Å². The van der Waals surface area contributed by atoms with Crippen LogP contribution < -0.4 is 4.74 Å². The Kier molecular flexibility index (Phi) is 3.99. The molecular weight excluding hydrogens is 214 g/mol. The van der Waals surface area contributed by atoms with Gasteiger partial charge in [0.25, 0.3) is 0 Å². The lowest BCUT2D eigenvalue weighted by atomic mass is 9.99. The molecule has 0 saturated carbocycles. The number of carbonyl (C=O) groups excluding carboxylic acids is 1. The van der Waals surface area contributed by atoms with Crippen molar-refractivity contribution < 1.29 is 18.3 Å². The molecule has 16 heavy (non-hydrogen) atoms. The van der Waals surface area contributed by atoms with Gasteiger partial charge in [0.05, 0.1) is 0 Å². The Morgan fingerprint density at radius 3 is 2.50 bits per heavy atom. The van der Waals surface area contributed by atoms with E-state index in [-0.39, 0.29) is 11.5 Å². The molecule has 1 rings (SSSR count). The largest absolute Gasteiger partial charge is 0.435 e. The van der Waals surface area contributed by atoms with Gasteiger partial charge in [-0.1, -0.05) is 13.0 Å². The maximum Gasteiger partial charge on any atom is 0.387 e. The van der Waals surface area contributed by atoms with Crippen molar-refractivity contribution in [3.05, 3.63) is 28.8 Å². The second-order valence-electron chi connectivity index (χ2n) is 3.56. The molecule has 0 unspecified atom stereocenters. The van der Waals surface area contributed by atoms with Crippen molar-refractivity contribution in [2.75, 3.05) is 0 Å². The molecule has 2 nitrogen and oxygen atoms in total. The highest BCUT2D eigenvalue weighted by molar-refractivity contribution is 5.96. The normalized spacial score (nSPS) is 10.6. The van der Waals surface area contributed by atoms with Crippen LogP contribution in [0.15, 0.2) is 12.1 Å². The number of hydrogen-bond acceptors (Lipinski definition) is 2. The van der Waals surface area contributed by atoms with E-state index < -0.39 is 6.61 Å². The van der Waals surface area contributed by atoms with Crippen LogP contribution in [-0.4, -0.2) is 12.4 Å². The SMILES string of the molecule is CCc1cc(C)c(OC(F)F)cc1C(C)=O. The molecule has 0 atom stereocenters. The van der Waals surface area contributed by atoms with Gasteiger partial charge in [-0.3, -0.25) is 4.79 Å². The van der Waals surface area contributed by atoms with E-state index in [4.69, 9.17) is 0 Å². The fourth-order valence-electron chi connectivity index (χ4n) is 1.59. The highest BCUT2D eigenvalue weighted by Gasteiger charge is 2.13. The number of rotatable bonds is 4. The fourth-order valence-corrected chi connectivity index (χ4v) is 1.59. The highest BCUT2D eigenvalue weighted by atomic mass is 19.3.